The van der Waals surface area contributed by atoms with Crippen molar-refractivity contribution in [3.05, 3.63) is 51.0 Å². The Bertz CT molecular complexity index is 857. The van der Waals surface area contributed by atoms with Crippen molar-refractivity contribution in [3.8, 4) is 0 Å². The number of aromatic nitrogens is 3. The number of halogens is 4. The summed E-state index contributed by atoms with van der Waals surface area (Å²) in [5.74, 6) is 0.252. The number of aromatic amines is 1. The van der Waals surface area contributed by atoms with Crippen molar-refractivity contribution in [2.24, 2.45) is 7.05 Å². The number of amides is 1. The van der Waals surface area contributed by atoms with Crippen molar-refractivity contribution in [1.29, 1.82) is 0 Å². The first kappa shape index (κ1) is 19.2. The molecule has 1 amide bonds. The van der Waals surface area contributed by atoms with Gasteiger partial charge in [0.2, 0.25) is 5.91 Å². The van der Waals surface area contributed by atoms with E-state index in [4.69, 9.17) is 23.8 Å². The van der Waals surface area contributed by atoms with Crippen LogP contribution in [-0.2, 0) is 24.4 Å². The fourth-order valence-corrected chi connectivity index (χ4v) is 2.37. The molecule has 0 spiro atoms. The minimum Gasteiger partial charge on any atom is -0.352 e. The number of H-pyrrole nitrogens is 1. The first-order valence-electron chi connectivity index (χ1n) is 7.11. The molecule has 0 radical (unpaired) electrons. The standard InChI is InChI=1S/C15H14ClF3N4OS/c1-23-12(21-22-14(23)25)6-7-20-13(24)5-3-9-2-4-11(16)10(8-9)15(17,18)19/h2-5,8H,6-7H2,1H3,(H,20,24)(H,22,25). The molecule has 1 heterocycles. The summed E-state index contributed by atoms with van der Waals surface area (Å²) < 4.78 is 40.5. The van der Waals surface area contributed by atoms with E-state index < -0.39 is 17.6 Å². The molecule has 1 aromatic carbocycles. The van der Waals surface area contributed by atoms with Gasteiger partial charge in [-0.05, 0) is 36.0 Å². The fourth-order valence-electron chi connectivity index (χ4n) is 2.00. The van der Waals surface area contributed by atoms with E-state index in [1.54, 1.807) is 11.6 Å². The van der Waals surface area contributed by atoms with Gasteiger partial charge in [0, 0.05) is 26.1 Å². The maximum absolute atomic E-state index is 12.8. The fraction of sp³-hybridized carbons (Fsp3) is 0.267. The molecule has 2 N–H and O–H groups in total. The second kappa shape index (κ2) is 7.83. The van der Waals surface area contributed by atoms with Crippen LogP contribution in [0.25, 0.3) is 6.08 Å². The molecule has 134 valence electrons. The van der Waals surface area contributed by atoms with Crippen LogP contribution in [0.1, 0.15) is 17.0 Å². The lowest BCUT2D eigenvalue weighted by atomic mass is 10.1. The zero-order chi connectivity index (χ0) is 18.6. The third kappa shape index (κ3) is 5.17. The Hall–Kier alpha value is -2.13. The highest BCUT2D eigenvalue weighted by Gasteiger charge is 2.33. The summed E-state index contributed by atoms with van der Waals surface area (Å²) in [4.78, 5) is 11.7. The molecule has 0 atom stereocenters. The molecular formula is C15H14ClF3N4OS. The number of nitrogens with zero attached hydrogens (tertiary/aromatic N) is 2. The van der Waals surface area contributed by atoms with Gasteiger partial charge in [0.05, 0.1) is 10.6 Å². The van der Waals surface area contributed by atoms with E-state index in [0.29, 0.717) is 23.6 Å². The average molecular weight is 391 g/mol. The van der Waals surface area contributed by atoms with Gasteiger partial charge >= 0.3 is 6.18 Å². The summed E-state index contributed by atoms with van der Waals surface area (Å²) in [5.41, 5.74) is -0.719. The summed E-state index contributed by atoms with van der Waals surface area (Å²) in [6.07, 6.45) is -1.64. The molecule has 2 rings (SSSR count). The molecular weight excluding hydrogens is 377 g/mol. The second-order valence-electron chi connectivity index (χ2n) is 5.12. The van der Waals surface area contributed by atoms with Crippen molar-refractivity contribution < 1.29 is 18.0 Å². The maximum Gasteiger partial charge on any atom is 0.417 e. The van der Waals surface area contributed by atoms with Crippen LogP contribution in [0.4, 0.5) is 13.2 Å². The van der Waals surface area contributed by atoms with Crippen molar-refractivity contribution in [2.75, 3.05) is 6.54 Å². The van der Waals surface area contributed by atoms with E-state index in [2.05, 4.69) is 15.5 Å². The number of alkyl halides is 3. The molecule has 1 aromatic heterocycles. The minimum atomic E-state index is -4.55. The van der Waals surface area contributed by atoms with Crippen molar-refractivity contribution in [2.45, 2.75) is 12.6 Å². The summed E-state index contributed by atoms with van der Waals surface area (Å²) in [7, 11) is 1.75. The topological polar surface area (TPSA) is 62.7 Å². The normalized spacial score (nSPS) is 11.9. The predicted molar refractivity (Wildman–Crippen MR) is 90.6 cm³/mol. The molecule has 10 heteroatoms. The first-order chi connectivity index (χ1) is 11.7. The van der Waals surface area contributed by atoms with E-state index in [1.165, 1.54) is 12.1 Å². The third-order valence-corrected chi connectivity index (χ3v) is 4.04. The highest BCUT2D eigenvalue weighted by Crippen LogP contribution is 2.35. The Kier molecular flexibility index (Phi) is 6.02. The Labute approximate surface area is 151 Å². The van der Waals surface area contributed by atoms with E-state index in [-0.39, 0.29) is 10.6 Å². The summed E-state index contributed by atoms with van der Waals surface area (Å²) in [6.45, 7) is 0.311. The molecule has 0 aliphatic heterocycles. The summed E-state index contributed by atoms with van der Waals surface area (Å²) in [5, 5.41) is 8.87. The van der Waals surface area contributed by atoms with Crippen molar-refractivity contribution >= 4 is 35.8 Å². The summed E-state index contributed by atoms with van der Waals surface area (Å²) in [6, 6.07) is 3.43. The van der Waals surface area contributed by atoms with Crippen LogP contribution >= 0.6 is 23.8 Å². The SMILES string of the molecule is Cn1c(CCNC(=O)C=Cc2ccc(Cl)c(C(F)(F)F)c2)n[nH]c1=S. The first-order valence-corrected chi connectivity index (χ1v) is 7.90. The molecule has 2 aromatic rings. The number of carbonyl (C=O) groups is 1. The van der Waals surface area contributed by atoms with Gasteiger partial charge in [-0.15, -0.1) is 0 Å². The van der Waals surface area contributed by atoms with Gasteiger partial charge in [0.25, 0.3) is 0 Å². The Morgan fingerprint density at radius 2 is 2.20 bits per heavy atom. The number of hydrogen-bond acceptors (Lipinski definition) is 3. The summed E-state index contributed by atoms with van der Waals surface area (Å²) >= 11 is 10.5. The highest BCUT2D eigenvalue weighted by molar-refractivity contribution is 7.71. The number of hydrogen-bond donors (Lipinski definition) is 2. The van der Waals surface area contributed by atoms with Gasteiger partial charge in [-0.2, -0.15) is 18.3 Å². The smallest absolute Gasteiger partial charge is 0.352 e. The number of carbonyl (C=O) groups excluding carboxylic acids is 1. The zero-order valence-corrected chi connectivity index (χ0v) is 14.6. The number of rotatable bonds is 5. The molecule has 5 nitrogen and oxygen atoms in total. The van der Waals surface area contributed by atoms with Crippen molar-refractivity contribution in [1.82, 2.24) is 20.1 Å². The van der Waals surface area contributed by atoms with Gasteiger partial charge in [-0.25, -0.2) is 0 Å². The quantitative estimate of drug-likeness (QED) is 0.606. The van der Waals surface area contributed by atoms with Crippen LogP contribution in [0.15, 0.2) is 24.3 Å². The molecule has 0 saturated carbocycles. The Morgan fingerprint density at radius 3 is 2.80 bits per heavy atom. The molecule has 0 aliphatic carbocycles. The van der Waals surface area contributed by atoms with Gasteiger partial charge in [0.15, 0.2) is 4.77 Å². The Balaban J connectivity index is 1.94. The molecule has 25 heavy (non-hydrogen) atoms. The van der Waals surface area contributed by atoms with E-state index in [1.807, 2.05) is 0 Å². The van der Waals surface area contributed by atoms with Crippen LogP contribution < -0.4 is 5.32 Å². The lowest BCUT2D eigenvalue weighted by Crippen LogP contribution is -2.24. The van der Waals surface area contributed by atoms with Crippen LogP contribution in [-0.4, -0.2) is 27.2 Å². The number of nitrogens with one attached hydrogen (secondary N) is 2. The van der Waals surface area contributed by atoms with E-state index >= 15 is 0 Å². The van der Waals surface area contributed by atoms with Gasteiger partial charge in [0.1, 0.15) is 5.82 Å². The molecule has 0 aliphatic rings. The largest absolute Gasteiger partial charge is 0.417 e. The lowest BCUT2D eigenvalue weighted by molar-refractivity contribution is -0.137. The second-order valence-corrected chi connectivity index (χ2v) is 5.91. The Morgan fingerprint density at radius 1 is 1.48 bits per heavy atom. The van der Waals surface area contributed by atoms with Gasteiger partial charge < -0.3 is 9.88 Å². The third-order valence-electron chi connectivity index (χ3n) is 3.34. The monoisotopic (exact) mass is 390 g/mol. The average Bonchev–Trinajstić information content (AvgIpc) is 2.85. The zero-order valence-electron chi connectivity index (χ0n) is 13.0. The van der Waals surface area contributed by atoms with Crippen LogP contribution in [0.5, 0.6) is 0 Å². The molecule has 0 unspecified atom stereocenters. The highest BCUT2D eigenvalue weighted by atomic mass is 35.5. The van der Waals surface area contributed by atoms with Gasteiger partial charge in [-0.3, -0.25) is 9.89 Å². The van der Waals surface area contributed by atoms with E-state index in [9.17, 15) is 18.0 Å². The lowest BCUT2D eigenvalue weighted by Gasteiger charge is -2.09. The molecule has 0 saturated heterocycles. The van der Waals surface area contributed by atoms with E-state index in [0.717, 1.165) is 18.2 Å². The van der Waals surface area contributed by atoms with Crippen LogP contribution in [0.2, 0.25) is 5.02 Å². The number of benzene rings is 1. The van der Waals surface area contributed by atoms with Gasteiger partial charge in [-0.1, -0.05) is 17.7 Å². The predicted octanol–water partition coefficient (Wildman–Crippen LogP) is 3.52. The molecule has 0 fully saturated rings. The minimum absolute atomic E-state index is 0.223. The van der Waals surface area contributed by atoms with Crippen molar-refractivity contribution in [3.63, 3.8) is 0 Å². The van der Waals surface area contributed by atoms with Crippen LogP contribution in [0.3, 0.4) is 0 Å². The molecule has 0 bridgehead atoms. The van der Waals surface area contributed by atoms with Crippen LogP contribution in [0, 0.1) is 4.77 Å². The maximum atomic E-state index is 12.8.